The standard InChI is InChI=1S/C24H30N4O5/c1-3-31-19-9-6-5-8-18(19)28-13-11-27(12-14-28)16-17-21(23(29)32-4-2)22(26-24(30)25-17)20-10-7-15-33-20/h5-10,15,22H,3-4,11-14,16H2,1-2H3,(H2,25,26,30)/t22-/m1/s1. The van der Waals surface area contributed by atoms with Gasteiger partial charge >= 0.3 is 12.0 Å². The molecule has 1 saturated heterocycles. The zero-order valence-corrected chi connectivity index (χ0v) is 19.0. The Morgan fingerprint density at radius 2 is 1.88 bits per heavy atom. The molecular weight excluding hydrogens is 424 g/mol. The number of piperazine rings is 1. The second-order valence-electron chi connectivity index (χ2n) is 7.82. The topological polar surface area (TPSA) is 96.3 Å². The van der Waals surface area contributed by atoms with Gasteiger partial charge in [-0.15, -0.1) is 0 Å². The van der Waals surface area contributed by atoms with Gasteiger partial charge in [0.25, 0.3) is 0 Å². The van der Waals surface area contributed by atoms with Crippen molar-refractivity contribution >= 4 is 17.7 Å². The van der Waals surface area contributed by atoms with E-state index in [2.05, 4.69) is 26.5 Å². The molecule has 9 nitrogen and oxygen atoms in total. The van der Waals surface area contributed by atoms with E-state index in [9.17, 15) is 9.59 Å². The molecule has 2 aliphatic heterocycles. The van der Waals surface area contributed by atoms with Crippen LogP contribution < -0.4 is 20.3 Å². The second-order valence-corrected chi connectivity index (χ2v) is 7.82. The van der Waals surface area contributed by atoms with Crippen molar-refractivity contribution in [1.29, 1.82) is 0 Å². The summed E-state index contributed by atoms with van der Waals surface area (Å²) in [6.45, 7) is 8.18. The van der Waals surface area contributed by atoms with Crippen LogP contribution in [0.25, 0.3) is 0 Å². The van der Waals surface area contributed by atoms with Crippen LogP contribution in [0.4, 0.5) is 10.5 Å². The normalized spacial score (nSPS) is 19.2. The smallest absolute Gasteiger partial charge is 0.338 e. The minimum absolute atomic E-state index is 0.242. The van der Waals surface area contributed by atoms with Crippen molar-refractivity contribution in [3.63, 3.8) is 0 Å². The maximum absolute atomic E-state index is 12.8. The number of furan rings is 1. The average molecular weight is 455 g/mol. The molecule has 2 amide bonds. The van der Waals surface area contributed by atoms with Gasteiger partial charge in [0.05, 0.1) is 30.7 Å². The number of amides is 2. The van der Waals surface area contributed by atoms with Gasteiger partial charge in [0.15, 0.2) is 0 Å². The summed E-state index contributed by atoms with van der Waals surface area (Å²) in [5.41, 5.74) is 2.00. The van der Waals surface area contributed by atoms with Gasteiger partial charge in [-0.1, -0.05) is 12.1 Å². The summed E-state index contributed by atoms with van der Waals surface area (Å²) >= 11 is 0. The number of rotatable bonds is 8. The summed E-state index contributed by atoms with van der Waals surface area (Å²) in [5, 5.41) is 5.60. The summed E-state index contributed by atoms with van der Waals surface area (Å²) in [5.74, 6) is 0.904. The van der Waals surface area contributed by atoms with Gasteiger partial charge < -0.3 is 29.4 Å². The van der Waals surface area contributed by atoms with Crippen molar-refractivity contribution in [2.24, 2.45) is 0 Å². The van der Waals surface area contributed by atoms with E-state index in [4.69, 9.17) is 13.9 Å². The van der Waals surface area contributed by atoms with Crippen LogP contribution in [0.15, 0.2) is 58.3 Å². The first kappa shape index (κ1) is 22.7. The highest BCUT2D eigenvalue weighted by Crippen LogP contribution is 2.30. The fourth-order valence-corrected chi connectivity index (χ4v) is 4.23. The number of carbonyl (C=O) groups is 2. The highest BCUT2D eigenvalue weighted by molar-refractivity contribution is 5.95. The summed E-state index contributed by atoms with van der Waals surface area (Å²) in [6, 6.07) is 10.5. The number of para-hydroxylation sites is 2. The number of hydrogen-bond acceptors (Lipinski definition) is 7. The molecule has 2 aliphatic rings. The highest BCUT2D eigenvalue weighted by Gasteiger charge is 2.36. The predicted molar refractivity (Wildman–Crippen MR) is 123 cm³/mol. The predicted octanol–water partition coefficient (Wildman–Crippen LogP) is 2.67. The van der Waals surface area contributed by atoms with Gasteiger partial charge in [-0.05, 0) is 38.1 Å². The van der Waals surface area contributed by atoms with Gasteiger partial charge in [0.2, 0.25) is 0 Å². The van der Waals surface area contributed by atoms with Crippen molar-refractivity contribution < 1.29 is 23.5 Å². The first-order valence-corrected chi connectivity index (χ1v) is 11.3. The second kappa shape index (κ2) is 10.4. The largest absolute Gasteiger partial charge is 0.492 e. The summed E-state index contributed by atoms with van der Waals surface area (Å²) in [7, 11) is 0. The van der Waals surface area contributed by atoms with E-state index in [1.807, 2.05) is 25.1 Å². The molecule has 1 aromatic carbocycles. The van der Waals surface area contributed by atoms with Gasteiger partial charge in [0.1, 0.15) is 17.6 Å². The maximum Gasteiger partial charge on any atom is 0.338 e. The molecule has 0 unspecified atom stereocenters. The van der Waals surface area contributed by atoms with Crippen molar-refractivity contribution in [1.82, 2.24) is 15.5 Å². The van der Waals surface area contributed by atoms with Crippen LogP contribution in [0, 0.1) is 0 Å². The Morgan fingerprint density at radius 3 is 2.58 bits per heavy atom. The Morgan fingerprint density at radius 1 is 1.09 bits per heavy atom. The third kappa shape index (κ3) is 5.14. The van der Waals surface area contributed by atoms with Gasteiger partial charge in [0, 0.05) is 38.4 Å². The molecule has 4 rings (SSSR count). The van der Waals surface area contributed by atoms with Crippen molar-refractivity contribution in [3.05, 3.63) is 59.7 Å². The van der Waals surface area contributed by atoms with E-state index in [-0.39, 0.29) is 12.6 Å². The molecule has 176 valence electrons. The zero-order valence-electron chi connectivity index (χ0n) is 19.0. The van der Waals surface area contributed by atoms with Gasteiger partial charge in [-0.25, -0.2) is 9.59 Å². The fraction of sp³-hybridized carbons (Fsp3) is 0.417. The van der Waals surface area contributed by atoms with Crippen LogP contribution in [0.5, 0.6) is 5.75 Å². The number of carbonyl (C=O) groups excluding carboxylic acids is 2. The molecule has 2 aromatic rings. The number of benzene rings is 1. The Kier molecular flexibility index (Phi) is 7.19. The molecule has 9 heteroatoms. The number of nitrogens with one attached hydrogen (secondary N) is 2. The third-order valence-electron chi connectivity index (χ3n) is 5.74. The van der Waals surface area contributed by atoms with Crippen molar-refractivity contribution in [2.45, 2.75) is 19.9 Å². The number of hydrogen-bond donors (Lipinski definition) is 2. The van der Waals surface area contributed by atoms with Crippen LogP contribution in [0.2, 0.25) is 0 Å². The summed E-state index contributed by atoms with van der Waals surface area (Å²) < 4.78 is 16.6. The molecule has 1 fully saturated rings. The van der Waals surface area contributed by atoms with Gasteiger partial charge in [-0.3, -0.25) is 4.90 Å². The lowest BCUT2D eigenvalue weighted by Gasteiger charge is -2.38. The lowest BCUT2D eigenvalue weighted by atomic mass is 9.99. The number of anilines is 1. The molecule has 1 aromatic heterocycles. The fourth-order valence-electron chi connectivity index (χ4n) is 4.23. The van der Waals surface area contributed by atoms with E-state index < -0.39 is 12.0 Å². The molecule has 0 aliphatic carbocycles. The molecular formula is C24H30N4O5. The Hall–Kier alpha value is -3.46. The molecule has 0 spiro atoms. The third-order valence-corrected chi connectivity index (χ3v) is 5.74. The maximum atomic E-state index is 12.8. The minimum Gasteiger partial charge on any atom is -0.492 e. The Bertz CT molecular complexity index is 996. The number of nitrogens with zero attached hydrogens (tertiary/aromatic N) is 2. The molecule has 3 heterocycles. The van der Waals surface area contributed by atoms with Crippen LogP contribution in [-0.4, -0.2) is 62.8 Å². The number of urea groups is 1. The van der Waals surface area contributed by atoms with Crippen molar-refractivity contribution in [2.75, 3.05) is 50.8 Å². The average Bonchev–Trinajstić information content (AvgIpc) is 3.35. The molecule has 0 bridgehead atoms. The highest BCUT2D eigenvalue weighted by atomic mass is 16.5. The Labute approximate surface area is 193 Å². The number of ether oxygens (including phenoxy) is 2. The summed E-state index contributed by atoms with van der Waals surface area (Å²) in [4.78, 5) is 29.8. The monoisotopic (exact) mass is 454 g/mol. The molecule has 33 heavy (non-hydrogen) atoms. The minimum atomic E-state index is -0.692. The van der Waals surface area contributed by atoms with Crippen LogP contribution >= 0.6 is 0 Å². The van der Waals surface area contributed by atoms with E-state index in [1.54, 1.807) is 19.1 Å². The lowest BCUT2D eigenvalue weighted by Crippen LogP contribution is -2.51. The first-order chi connectivity index (χ1) is 16.1. The van der Waals surface area contributed by atoms with Crippen LogP contribution in [-0.2, 0) is 9.53 Å². The molecule has 0 radical (unpaired) electrons. The van der Waals surface area contributed by atoms with E-state index in [0.29, 0.717) is 30.2 Å². The molecule has 0 saturated carbocycles. The van der Waals surface area contributed by atoms with E-state index in [0.717, 1.165) is 37.6 Å². The Balaban J connectivity index is 1.51. The van der Waals surface area contributed by atoms with Gasteiger partial charge in [-0.2, -0.15) is 0 Å². The van der Waals surface area contributed by atoms with Crippen LogP contribution in [0.1, 0.15) is 25.6 Å². The van der Waals surface area contributed by atoms with E-state index in [1.165, 1.54) is 6.26 Å². The zero-order chi connectivity index (χ0) is 23.2. The lowest BCUT2D eigenvalue weighted by molar-refractivity contribution is -0.139. The molecule has 2 N–H and O–H groups in total. The summed E-state index contributed by atoms with van der Waals surface area (Å²) in [6.07, 6.45) is 1.52. The van der Waals surface area contributed by atoms with Crippen molar-refractivity contribution in [3.8, 4) is 5.75 Å². The van der Waals surface area contributed by atoms with E-state index >= 15 is 0 Å². The quantitative estimate of drug-likeness (QED) is 0.592. The molecule has 1 atom stereocenters. The number of esters is 1. The SMILES string of the molecule is CCOC(=O)C1=C(CN2CCN(c3ccccc3OCC)CC2)NC(=O)N[C@@H]1c1ccco1. The first-order valence-electron chi connectivity index (χ1n) is 11.3. The van der Waals surface area contributed by atoms with Crippen LogP contribution in [0.3, 0.4) is 0 Å².